The van der Waals surface area contributed by atoms with Crippen LogP contribution in [0.15, 0.2) is 59.5 Å². The van der Waals surface area contributed by atoms with E-state index in [1.165, 1.54) is 30.6 Å². The quantitative estimate of drug-likeness (QED) is 0.152. The molecule has 0 bridgehead atoms. The number of hydrogen-bond donors (Lipinski definition) is 0. The molecule has 3 heteroatoms. The number of para-hydroxylation sites is 1. The van der Waals surface area contributed by atoms with Gasteiger partial charge in [-0.1, -0.05) is 57.7 Å². The molecule has 0 aliphatic rings. The van der Waals surface area contributed by atoms with Gasteiger partial charge in [-0.15, -0.1) is 11.8 Å². The number of thioether (sulfide) groups is 1. The van der Waals surface area contributed by atoms with Gasteiger partial charge in [0, 0.05) is 16.0 Å². The highest BCUT2D eigenvalue weighted by atomic mass is 32.2. The van der Waals surface area contributed by atoms with E-state index in [1.807, 2.05) is 66.4 Å². The first kappa shape index (κ1) is 22.3. The molecule has 0 saturated carbocycles. The molecular weight excluding hydrogens is 364 g/mol. The smallest absolute Gasteiger partial charge is 0.185 e. The van der Waals surface area contributed by atoms with Gasteiger partial charge in [-0.3, -0.25) is 4.79 Å². The predicted molar refractivity (Wildman–Crippen MR) is 122 cm³/mol. The normalized spacial score (nSPS) is 11.1. The molecule has 2 nitrogen and oxygen atoms in total. The van der Waals surface area contributed by atoms with Gasteiger partial charge < -0.3 is 4.74 Å². The van der Waals surface area contributed by atoms with E-state index in [4.69, 9.17) is 4.74 Å². The lowest BCUT2D eigenvalue weighted by Crippen LogP contribution is -1.99. The maximum absolute atomic E-state index is 12.5. The minimum atomic E-state index is 0.0152. The molecule has 0 spiro atoms. The molecule has 0 heterocycles. The van der Waals surface area contributed by atoms with Crippen molar-refractivity contribution in [3.63, 3.8) is 0 Å². The number of rotatable bonds is 13. The van der Waals surface area contributed by atoms with E-state index in [-0.39, 0.29) is 5.78 Å². The van der Waals surface area contributed by atoms with Crippen LogP contribution in [0.25, 0.3) is 6.08 Å². The number of ketones is 1. The summed E-state index contributed by atoms with van der Waals surface area (Å²) >= 11 is 1.82. The fourth-order valence-corrected chi connectivity index (χ4v) is 3.60. The van der Waals surface area contributed by atoms with Crippen LogP contribution in [0.5, 0.6) is 5.75 Å². The topological polar surface area (TPSA) is 26.3 Å². The van der Waals surface area contributed by atoms with Gasteiger partial charge in [-0.2, -0.15) is 0 Å². The van der Waals surface area contributed by atoms with Crippen LogP contribution in [0.2, 0.25) is 0 Å². The van der Waals surface area contributed by atoms with Gasteiger partial charge in [0.05, 0.1) is 6.61 Å². The van der Waals surface area contributed by atoms with Gasteiger partial charge in [-0.25, -0.2) is 0 Å². The molecule has 2 rings (SSSR count). The first-order valence-corrected chi connectivity index (χ1v) is 11.4. The molecule has 0 aliphatic carbocycles. The maximum Gasteiger partial charge on any atom is 0.185 e. The second-order valence-electron chi connectivity index (χ2n) is 6.87. The SMILES string of the molecule is CCCCCCCOc1ccccc1C=CC(=O)c1ccc(SCCC)cc1. The summed E-state index contributed by atoms with van der Waals surface area (Å²) in [6, 6.07) is 15.8. The zero-order valence-corrected chi connectivity index (χ0v) is 18.0. The monoisotopic (exact) mass is 396 g/mol. The molecule has 0 saturated heterocycles. The minimum Gasteiger partial charge on any atom is -0.493 e. The Morgan fingerprint density at radius 3 is 2.43 bits per heavy atom. The maximum atomic E-state index is 12.5. The van der Waals surface area contributed by atoms with E-state index in [9.17, 15) is 4.79 Å². The number of allylic oxidation sites excluding steroid dienone is 1. The lowest BCUT2D eigenvalue weighted by Gasteiger charge is -2.09. The number of unbranched alkanes of at least 4 members (excludes halogenated alkanes) is 4. The van der Waals surface area contributed by atoms with Crippen molar-refractivity contribution in [2.24, 2.45) is 0 Å². The fourth-order valence-electron chi connectivity index (χ4n) is 2.83. The zero-order valence-electron chi connectivity index (χ0n) is 17.2. The second kappa shape index (κ2) is 13.2. The van der Waals surface area contributed by atoms with Gasteiger partial charge in [0.2, 0.25) is 0 Å². The third-order valence-electron chi connectivity index (χ3n) is 4.45. The lowest BCUT2D eigenvalue weighted by molar-refractivity contribution is 0.104. The van der Waals surface area contributed by atoms with Crippen molar-refractivity contribution >= 4 is 23.6 Å². The molecule has 0 aliphatic heterocycles. The molecule has 0 radical (unpaired) electrons. The van der Waals surface area contributed by atoms with Crippen LogP contribution in [0.3, 0.4) is 0 Å². The molecule has 0 aromatic heterocycles. The largest absolute Gasteiger partial charge is 0.493 e. The van der Waals surface area contributed by atoms with Crippen LogP contribution < -0.4 is 4.74 Å². The van der Waals surface area contributed by atoms with Crippen LogP contribution in [-0.4, -0.2) is 18.1 Å². The Morgan fingerprint density at radius 1 is 0.929 bits per heavy atom. The summed E-state index contributed by atoms with van der Waals surface area (Å²) < 4.78 is 5.94. The van der Waals surface area contributed by atoms with Gasteiger partial charge >= 0.3 is 0 Å². The van der Waals surface area contributed by atoms with E-state index >= 15 is 0 Å². The summed E-state index contributed by atoms with van der Waals surface area (Å²) in [7, 11) is 0. The molecule has 0 atom stereocenters. The molecule has 2 aromatic rings. The summed E-state index contributed by atoms with van der Waals surface area (Å²) in [6.07, 6.45) is 10.7. The summed E-state index contributed by atoms with van der Waals surface area (Å²) in [5.74, 6) is 1.96. The molecule has 0 amide bonds. The average Bonchev–Trinajstić information content (AvgIpc) is 2.74. The molecular formula is C25H32O2S. The Labute approximate surface area is 174 Å². The second-order valence-corrected chi connectivity index (χ2v) is 8.04. The van der Waals surface area contributed by atoms with Gasteiger partial charge in [-0.05, 0) is 61.1 Å². The van der Waals surface area contributed by atoms with Crippen LogP contribution in [-0.2, 0) is 0 Å². The number of hydrogen-bond acceptors (Lipinski definition) is 3. The molecule has 2 aromatic carbocycles. The number of ether oxygens (including phenoxy) is 1. The molecule has 0 unspecified atom stereocenters. The van der Waals surface area contributed by atoms with E-state index in [1.54, 1.807) is 6.08 Å². The van der Waals surface area contributed by atoms with Crippen molar-refractivity contribution in [3.05, 3.63) is 65.7 Å². The number of carbonyl (C=O) groups is 1. The van der Waals surface area contributed by atoms with E-state index < -0.39 is 0 Å². The highest BCUT2D eigenvalue weighted by Crippen LogP contribution is 2.22. The fraction of sp³-hybridized carbons (Fsp3) is 0.400. The van der Waals surface area contributed by atoms with Crippen LogP contribution in [0, 0.1) is 0 Å². The molecule has 0 fully saturated rings. The Balaban J connectivity index is 1.91. The number of benzene rings is 2. The Bertz CT molecular complexity index is 734. The summed E-state index contributed by atoms with van der Waals surface area (Å²) in [6.45, 7) is 5.11. The third kappa shape index (κ3) is 7.93. The number of carbonyl (C=O) groups excluding carboxylic acids is 1. The third-order valence-corrected chi connectivity index (χ3v) is 5.67. The first-order valence-electron chi connectivity index (χ1n) is 10.4. The lowest BCUT2D eigenvalue weighted by atomic mass is 10.1. The first-order chi connectivity index (χ1) is 13.7. The molecule has 0 N–H and O–H groups in total. The van der Waals surface area contributed by atoms with Crippen LogP contribution in [0.4, 0.5) is 0 Å². The Morgan fingerprint density at radius 2 is 1.68 bits per heavy atom. The summed E-state index contributed by atoms with van der Waals surface area (Å²) in [4.78, 5) is 13.7. The Hall–Kier alpha value is -2.00. The van der Waals surface area contributed by atoms with E-state index in [0.29, 0.717) is 5.56 Å². The minimum absolute atomic E-state index is 0.0152. The zero-order chi connectivity index (χ0) is 20.0. The van der Waals surface area contributed by atoms with Crippen molar-refractivity contribution in [1.82, 2.24) is 0 Å². The van der Waals surface area contributed by atoms with Crippen LogP contribution >= 0.6 is 11.8 Å². The van der Waals surface area contributed by atoms with E-state index in [2.05, 4.69) is 13.8 Å². The Kier molecular flexibility index (Phi) is 10.5. The van der Waals surface area contributed by atoms with Crippen molar-refractivity contribution in [1.29, 1.82) is 0 Å². The standard InChI is InChI=1S/C25H32O2S/c1-3-5-6-7-10-19-27-25-12-9-8-11-22(25)15-18-24(26)21-13-16-23(17-14-21)28-20-4-2/h8-9,11-18H,3-7,10,19-20H2,1-2H3. The molecule has 28 heavy (non-hydrogen) atoms. The van der Waals surface area contributed by atoms with Gasteiger partial charge in [0.1, 0.15) is 5.75 Å². The predicted octanol–water partition coefficient (Wildman–Crippen LogP) is 7.43. The van der Waals surface area contributed by atoms with Crippen molar-refractivity contribution < 1.29 is 9.53 Å². The van der Waals surface area contributed by atoms with Crippen molar-refractivity contribution in [2.75, 3.05) is 12.4 Å². The highest BCUT2D eigenvalue weighted by molar-refractivity contribution is 7.99. The van der Waals surface area contributed by atoms with Gasteiger partial charge in [0.15, 0.2) is 5.78 Å². The summed E-state index contributed by atoms with van der Waals surface area (Å²) in [5.41, 5.74) is 1.66. The van der Waals surface area contributed by atoms with E-state index in [0.717, 1.165) is 36.5 Å². The van der Waals surface area contributed by atoms with Crippen molar-refractivity contribution in [3.8, 4) is 5.75 Å². The molecule has 150 valence electrons. The highest BCUT2D eigenvalue weighted by Gasteiger charge is 2.04. The van der Waals surface area contributed by atoms with Crippen LogP contribution in [0.1, 0.15) is 68.3 Å². The van der Waals surface area contributed by atoms with Gasteiger partial charge in [0.25, 0.3) is 0 Å². The summed E-state index contributed by atoms with van der Waals surface area (Å²) in [5, 5.41) is 0. The van der Waals surface area contributed by atoms with Crippen molar-refractivity contribution in [2.45, 2.75) is 57.3 Å². The average molecular weight is 397 g/mol.